The number of benzene rings is 7. The minimum atomic E-state index is 0.541. The molecule has 51 heavy (non-hydrogen) atoms. The number of para-hydroxylation sites is 3. The summed E-state index contributed by atoms with van der Waals surface area (Å²) in [4.78, 5) is 15.0. The smallest absolute Gasteiger partial charge is 0.167 e. The van der Waals surface area contributed by atoms with Gasteiger partial charge < -0.3 is 13.3 Å². The lowest BCUT2D eigenvalue weighted by atomic mass is 10.0. The van der Waals surface area contributed by atoms with Crippen molar-refractivity contribution in [2.75, 3.05) is 0 Å². The van der Waals surface area contributed by atoms with Crippen molar-refractivity contribution in [3.05, 3.63) is 152 Å². The highest BCUT2D eigenvalue weighted by atomic mass is 16.3. The van der Waals surface area contributed by atoms with Crippen molar-refractivity contribution in [3.8, 4) is 45.3 Å². The monoisotopic (exact) mass is 655 g/mol. The summed E-state index contributed by atoms with van der Waals surface area (Å²) in [6, 6.07) is 51.2. The molecule has 0 aliphatic carbocycles. The number of hydrogen-bond acceptors (Lipinski definition) is 6. The van der Waals surface area contributed by atoms with Gasteiger partial charge in [0.1, 0.15) is 33.5 Å². The van der Waals surface area contributed by atoms with Gasteiger partial charge in [-0.25, -0.2) is 15.0 Å². The Labute approximate surface area is 290 Å². The van der Waals surface area contributed by atoms with Gasteiger partial charge in [0.2, 0.25) is 0 Å². The van der Waals surface area contributed by atoms with Gasteiger partial charge >= 0.3 is 0 Å². The van der Waals surface area contributed by atoms with Crippen LogP contribution in [0.4, 0.5) is 0 Å². The fraction of sp³-hybridized carbons (Fsp3) is 0. The molecule has 11 aromatic rings. The number of aromatic nitrogens is 3. The van der Waals surface area contributed by atoms with Gasteiger partial charge in [0.25, 0.3) is 0 Å². The van der Waals surface area contributed by atoms with Gasteiger partial charge in [0, 0.05) is 43.4 Å². The summed E-state index contributed by atoms with van der Waals surface area (Å²) < 4.78 is 19.1. The van der Waals surface area contributed by atoms with Crippen molar-refractivity contribution in [2.24, 2.45) is 0 Å². The van der Waals surface area contributed by atoms with E-state index in [1.807, 2.05) is 84.9 Å². The van der Waals surface area contributed by atoms with E-state index in [9.17, 15) is 0 Å². The van der Waals surface area contributed by atoms with Gasteiger partial charge in [-0.2, -0.15) is 0 Å². The maximum atomic E-state index is 6.52. The summed E-state index contributed by atoms with van der Waals surface area (Å²) in [6.45, 7) is 0. The van der Waals surface area contributed by atoms with E-state index in [1.54, 1.807) is 0 Å². The fourth-order valence-corrected chi connectivity index (χ4v) is 7.27. The van der Waals surface area contributed by atoms with Gasteiger partial charge in [-0.15, -0.1) is 0 Å². The Kier molecular flexibility index (Phi) is 5.86. The molecule has 0 spiro atoms. The lowest BCUT2D eigenvalue weighted by Crippen LogP contribution is -2.00. The predicted molar refractivity (Wildman–Crippen MR) is 203 cm³/mol. The van der Waals surface area contributed by atoms with Crippen molar-refractivity contribution in [2.45, 2.75) is 0 Å². The number of nitrogens with zero attached hydrogens (tertiary/aromatic N) is 3. The second-order valence-corrected chi connectivity index (χ2v) is 12.8. The second kappa shape index (κ2) is 10.7. The van der Waals surface area contributed by atoms with Crippen molar-refractivity contribution < 1.29 is 13.3 Å². The molecule has 0 saturated heterocycles. The van der Waals surface area contributed by atoms with Crippen LogP contribution in [0.5, 0.6) is 0 Å². The van der Waals surface area contributed by atoms with E-state index in [-0.39, 0.29) is 0 Å². The van der Waals surface area contributed by atoms with E-state index >= 15 is 0 Å². The van der Waals surface area contributed by atoms with Crippen LogP contribution in [0.2, 0.25) is 0 Å². The summed E-state index contributed by atoms with van der Waals surface area (Å²) in [6.07, 6.45) is 0. The highest BCUT2D eigenvalue weighted by molar-refractivity contribution is 6.10. The van der Waals surface area contributed by atoms with E-state index < -0.39 is 0 Å². The molecule has 0 bridgehead atoms. The van der Waals surface area contributed by atoms with Crippen LogP contribution < -0.4 is 0 Å². The molecular weight excluding hydrogens is 631 g/mol. The SMILES string of the molecule is c1ccc(-c2nc(-c3ccc4c(c3)oc3cc(-c5ccc6c(c5)oc5ccccc56)ccc34)nc(-c3cccc4c3oc3ccccc34)n2)cc1. The minimum absolute atomic E-state index is 0.541. The average molecular weight is 656 g/mol. The van der Waals surface area contributed by atoms with Crippen molar-refractivity contribution in [1.29, 1.82) is 0 Å². The molecule has 0 radical (unpaired) electrons. The van der Waals surface area contributed by atoms with Crippen LogP contribution in [0.3, 0.4) is 0 Å². The van der Waals surface area contributed by atoms with Gasteiger partial charge in [-0.05, 0) is 65.7 Å². The first kappa shape index (κ1) is 27.9. The molecule has 0 unspecified atom stereocenters. The molecule has 0 aliphatic rings. The Morgan fingerprint density at radius 1 is 0.294 bits per heavy atom. The van der Waals surface area contributed by atoms with Gasteiger partial charge in [-0.3, -0.25) is 0 Å². The quantitative estimate of drug-likeness (QED) is 0.188. The Morgan fingerprint density at radius 2 is 0.765 bits per heavy atom. The molecule has 7 aromatic carbocycles. The Hall–Kier alpha value is -7.05. The second-order valence-electron chi connectivity index (χ2n) is 12.8. The first-order valence-corrected chi connectivity index (χ1v) is 16.8. The van der Waals surface area contributed by atoms with E-state index in [2.05, 4.69) is 66.7 Å². The van der Waals surface area contributed by atoms with Gasteiger partial charge in [0.15, 0.2) is 17.5 Å². The zero-order chi connectivity index (χ0) is 33.5. The van der Waals surface area contributed by atoms with E-state index in [4.69, 9.17) is 28.2 Å². The maximum Gasteiger partial charge on any atom is 0.167 e. The average Bonchev–Trinajstić information content (AvgIpc) is 3.88. The van der Waals surface area contributed by atoms with Crippen LogP contribution in [0.15, 0.2) is 165 Å². The zero-order valence-corrected chi connectivity index (χ0v) is 27.0. The van der Waals surface area contributed by atoms with E-state index in [1.165, 1.54) is 0 Å². The van der Waals surface area contributed by atoms with Gasteiger partial charge in [-0.1, -0.05) is 97.1 Å². The molecular formula is C45H25N3O3. The van der Waals surface area contributed by atoms with Crippen LogP contribution >= 0.6 is 0 Å². The molecule has 6 nitrogen and oxygen atoms in total. The van der Waals surface area contributed by atoms with Crippen molar-refractivity contribution in [1.82, 2.24) is 15.0 Å². The zero-order valence-electron chi connectivity index (χ0n) is 27.0. The highest BCUT2D eigenvalue weighted by Crippen LogP contribution is 2.38. The molecule has 4 heterocycles. The molecule has 4 aromatic heterocycles. The third-order valence-corrected chi connectivity index (χ3v) is 9.76. The van der Waals surface area contributed by atoms with E-state index in [0.29, 0.717) is 17.5 Å². The molecule has 0 fully saturated rings. The summed E-state index contributed by atoms with van der Waals surface area (Å²) >= 11 is 0. The Balaban J connectivity index is 1.04. The van der Waals surface area contributed by atoms with E-state index in [0.717, 1.165) is 93.6 Å². The molecule has 11 rings (SSSR count). The molecule has 6 heteroatoms. The predicted octanol–water partition coefficient (Wildman–Crippen LogP) is 12.2. The van der Waals surface area contributed by atoms with Gasteiger partial charge in [0.05, 0.1) is 5.56 Å². The summed E-state index contributed by atoms with van der Waals surface area (Å²) in [7, 11) is 0. The van der Waals surface area contributed by atoms with Crippen LogP contribution in [0, 0.1) is 0 Å². The largest absolute Gasteiger partial charge is 0.456 e. The number of hydrogen-bond donors (Lipinski definition) is 0. The van der Waals surface area contributed by atoms with Crippen LogP contribution in [-0.2, 0) is 0 Å². The summed E-state index contributed by atoms with van der Waals surface area (Å²) in [5, 5.41) is 6.38. The Morgan fingerprint density at radius 3 is 1.45 bits per heavy atom. The molecule has 0 amide bonds. The maximum absolute atomic E-state index is 6.52. The summed E-state index contributed by atoms with van der Waals surface area (Å²) in [5.41, 5.74) is 9.55. The lowest BCUT2D eigenvalue weighted by molar-refractivity contribution is 0.668. The number of fused-ring (bicyclic) bond motifs is 9. The van der Waals surface area contributed by atoms with Crippen LogP contribution in [0.1, 0.15) is 0 Å². The normalized spacial score (nSPS) is 11.9. The Bertz CT molecular complexity index is 3150. The first-order chi connectivity index (χ1) is 25.2. The van der Waals surface area contributed by atoms with Crippen LogP contribution in [-0.4, -0.2) is 15.0 Å². The highest BCUT2D eigenvalue weighted by Gasteiger charge is 2.19. The fourth-order valence-electron chi connectivity index (χ4n) is 7.27. The van der Waals surface area contributed by atoms with Crippen molar-refractivity contribution in [3.63, 3.8) is 0 Å². The molecule has 0 N–H and O–H groups in total. The topological polar surface area (TPSA) is 78.1 Å². The van der Waals surface area contributed by atoms with Crippen LogP contribution in [0.25, 0.3) is 111 Å². The molecule has 0 aliphatic heterocycles. The molecule has 0 saturated carbocycles. The summed E-state index contributed by atoms with van der Waals surface area (Å²) in [5.74, 6) is 1.67. The first-order valence-electron chi connectivity index (χ1n) is 16.8. The van der Waals surface area contributed by atoms with Crippen molar-refractivity contribution >= 4 is 65.8 Å². The third-order valence-electron chi connectivity index (χ3n) is 9.76. The number of furan rings is 3. The lowest BCUT2D eigenvalue weighted by Gasteiger charge is -2.08. The standard InChI is InChI=1S/C45H25N3O3/c1-2-9-26(10-3-1)43-46-44(48-45(47-43)36-14-8-13-35-31-12-5-7-16-38(31)51-42(35)36)29-19-22-34-33-21-18-28(24-40(33)50-41(34)25-29)27-17-20-32-30-11-4-6-15-37(30)49-39(32)23-27/h1-25H. The molecule has 238 valence electrons. The molecule has 0 atom stereocenters. The minimum Gasteiger partial charge on any atom is -0.456 e. The number of rotatable bonds is 4. The third kappa shape index (κ3) is 4.40.